The highest BCUT2D eigenvalue weighted by Crippen LogP contribution is 2.44. The largest absolute Gasteiger partial charge is 0.494 e. The van der Waals surface area contributed by atoms with Gasteiger partial charge in [0.1, 0.15) is 11.4 Å². The van der Waals surface area contributed by atoms with Crippen LogP contribution < -0.4 is 5.46 Å². The maximum atomic E-state index is 6.33. The summed E-state index contributed by atoms with van der Waals surface area (Å²) in [5, 5.41) is 17.3. The van der Waals surface area contributed by atoms with E-state index in [1.807, 2.05) is 107 Å². The minimum atomic E-state index is -0.476. The first-order valence-electron chi connectivity index (χ1n) is 26.9. The molecule has 10 nitrogen and oxygen atoms in total. The Kier molecular flexibility index (Phi) is 14.8. The summed E-state index contributed by atoms with van der Waals surface area (Å²) in [4.78, 5) is 0. The van der Waals surface area contributed by atoms with Crippen molar-refractivity contribution >= 4 is 85.9 Å². The zero-order valence-electron chi connectivity index (χ0n) is 46.7. The molecular weight excluding hydrogens is 1050 g/mol. The molecule has 2 aromatic heterocycles. The van der Waals surface area contributed by atoms with E-state index in [0.29, 0.717) is 0 Å². The van der Waals surface area contributed by atoms with Crippen molar-refractivity contribution in [3.8, 4) is 33.9 Å². The third kappa shape index (κ3) is 10.4. The predicted molar refractivity (Wildman–Crippen MR) is 330 cm³/mol. The molecule has 8 aromatic carbocycles. The molecule has 0 radical (unpaired) electrons. The van der Waals surface area contributed by atoms with E-state index >= 15 is 0 Å². The Hall–Kier alpha value is -6.35. The Labute approximate surface area is 475 Å². The second-order valence-electron chi connectivity index (χ2n) is 23.5. The lowest BCUT2D eigenvalue weighted by Gasteiger charge is -2.32. The van der Waals surface area contributed by atoms with Gasteiger partial charge in [-0.3, -0.25) is 0 Å². The summed E-state index contributed by atoms with van der Waals surface area (Å²) in [5.41, 5.74) is 7.20. The molecule has 0 atom stereocenters. The maximum absolute atomic E-state index is 6.33. The van der Waals surface area contributed by atoms with Crippen LogP contribution in [0.25, 0.3) is 77.2 Å². The Morgan fingerprint density at radius 3 is 1.16 bits per heavy atom. The second-order valence-corrected chi connectivity index (χ2v) is 24.4. The van der Waals surface area contributed by atoms with E-state index in [9.17, 15) is 0 Å². The number of fused-ring (bicyclic) bond motifs is 6. The van der Waals surface area contributed by atoms with Gasteiger partial charge in [0.15, 0.2) is 0 Å². The lowest BCUT2D eigenvalue weighted by Crippen LogP contribution is -2.41. The van der Waals surface area contributed by atoms with Crippen molar-refractivity contribution in [3.05, 3.63) is 186 Å². The van der Waals surface area contributed by atoms with Gasteiger partial charge in [0.2, 0.25) is 0 Å². The van der Waals surface area contributed by atoms with Gasteiger partial charge in [-0.05, 0) is 159 Å². The van der Waals surface area contributed by atoms with Crippen LogP contribution in [0.5, 0.6) is 0 Å². The third-order valence-electron chi connectivity index (χ3n) is 16.7. The molecule has 3 fully saturated rings. The van der Waals surface area contributed by atoms with Crippen molar-refractivity contribution in [2.24, 2.45) is 0 Å². The summed E-state index contributed by atoms with van der Waals surface area (Å²) >= 11 is 3.59. The summed E-state index contributed by atoms with van der Waals surface area (Å²) in [6.45, 7) is 24.5. The summed E-state index contributed by atoms with van der Waals surface area (Å²) in [6.07, 6.45) is 0. The quantitative estimate of drug-likeness (QED) is 0.152. The van der Waals surface area contributed by atoms with Gasteiger partial charge in [-0.25, -0.2) is 9.36 Å². The number of benzene rings is 8. The van der Waals surface area contributed by atoms with E-state index in [1.54, 1.807) is 0 Å². The Bertz CT molecular complexity index is 3760. The van der Waals surface area contributed by atoms with E-state index in [4.69, 9.17) is 38.1 Å². The lowest BCUT2D eigenvalue weighted by atomic mass is 9.49. The Balaban J connectivity index is 0.000000140. The minimum Gasteiger partial charge on any atom is -0.405 e. The first-order chi connectivity index (χ1) is 37.0. The lowest BCUT2D eigenvalue weighted by molar-refractivity contribution is 0.00578. The standard InChI is InChI=1S/C29H27BN2O2.C23H15BrN2.C12H24B2O4.CH4/c1-28(2)29(3,4)34-30(33-28)22-13-10-12-21(19-22)27-26-24-16-9-8-11-20(24)17-18-25(26)32(31-27)23-14-6-5-7-15-23;24-18-9-6-8-17(15-18)23-22-20-12-5-4-7-16(20)13-14-21(22)26(25-23)19-10-2-1-3-11-19;1-9(2)10(3,4)16-13(15-9)14-17-11(5,6)12(7,8)18-14;/h5-19H,1-4H3;1-15H;1-8H3;1H4. The van der Waals surface area contributed by atoms with E-state index in [2.05, 4.69) is 183 Å². The molecular formula is C65H70B3BrN4O6. The molecule has 13 rings (SSSR count). The van der Waals surface area contributed by atoms with Gasteiger partial charge in [-0.1, -0.05) is 157 Å². The molecule has 0 aliphatic carbocycles. The van der Waals surface area contributed by atoms with Crippen LogP contribution in [0, 0.1) is 0 Å². The van der Waals surface area contributed by atoms with Crippen LogP contribution in [0.1, 0.15) is 90.5 Å². The van der Waals surface area contributed by atoms with Gasteiger partial charge in [0.25, 0.3) is 0 Å². The van der Waals surface area contributed by atoms with E-state index < -0.39 is 21.1 Å². The summed E-state index contributed by atoms with van der Waals surface area (Å²) in [7, 11) is -1.36. The average molecular weight is 1120 g/mol. The highest BCUT2D eigenvalue weighted by atomic mass is 79.9. The fraction of sp³-hybridized carbons (Fsp3) is 0.292. The van der Waals surface area contributed by atoms with Gasteiger partial charge in [-0.15, -0.1) is 0 Å². The van der Waals surface area contributed by atoms with Gasteiger partial charge < -0.3 is 27.9 Å². The molecule has 79 heavy (non-hydrogen) atoms. The van der Waals surface area contributed by atoms with Crippen molar-refractivity contribution in [3.63, 3.8) is 0 Å². The fourth-order valence-corrected chi connectivity index (χ4v) is 10.6. The van der Waals surface area contributed by atoms with Gasteiger partial charge >= 0.3 is 21.1 Å². The molecule has 5 heterocycles. The molecule has 3 aliphatic heterocycles. The molecule has 14 heteroatoms. The van der Waals surface area contributed by atoms with Crippen LogP contribution in [0.2, 0.25) is 0 Å². The van der Waals surface area contributed by atoms with Crippen LogP contribution in [0.4, 0.5) is 0 Å². The van der Waals surface area contributed by atoms with Crippen molar-refractivity contribution in [2.75, 3.05) is 0 Å². The SMILES string of the molecule is Brc1cccc(-c2nn(-c3ccccc3)c3ccc4ccccc4c23)c1.C.CC1(C)OB(B2OC(C)(C)C(C)(C)O2)OC1(C)C.CC1(C)OB(c2cccc(-c3nn(-c4ccccc4)c4ccc5ccccc5c34)c2)OC1(C)C. The topological polar surface area (TPSA) is 91.0 Å². The first kappa shape index (κ1) is 55.9. The number of nitrogens with zero attached hydrogens (tertiary/aromatic N) is 4. The average Bonchev–Trinajstić information content (AvgIpc) is 4.40. The smallest absolute Gasteiger partial charge is 0.405 e. The van der Waals surface area contributed by atoms with E-state index in [1.165, 1.54) is 26.9 Å². The number of rotatable bonds is 6. The number of hydrogen-bond donors (Lipinski definition) is 0. The molecule has 0 spiro atoms. The number of aromatic nitrogens is 4. The van der Waals surface area contributed by atoms with Crippen molar-refractivity contribution < 1.29 is 27.9 Å². The fourth-order valence-electron chi connectivity index (χ4n) is 10.2. The summed E-state index contributed by atoms with van der Waals surface area (Å²) in [5.74, 6) is 0. The molecule has 0 unspecified atom stereocenters. The van der Waals surface area contributed by atoms with Crippen molar-refractivity contribution in [1.29, 1.82) is 0 Å². The maximum Gasteiger partial charge on any atom is 0.494 e. The molecule has 3 saturated heterocycles. The summed E-state index contributed by atoms with van der Waals surface area (Å²) in [6, 6.07) is 63.0. The van der Waals surface area contributed by atoms with Crippen molar-refractivity contribution in [1.82, 2.24) is 19.6 Å². The predicted octanol–water partition coefficient (Wildman–Crippen LogP) is 15.6. The first-order valence-corrected chi connectivity index (χ1v) is 27.7. The van der Waals surface area contributed by atoms with Crippen LogP contribution in [-0.4, -0.2) is 74.3 Å². The van der Waals surface area contributed by atoms with Gasteiger partial charge in [0.05, 0.1) is 56.0 Å². The zero-order chi connectivity index (χ0) is 55.0. The minimum absolute atomic E-state index is 0. The van der Waals surface area contributed by atoms with Crippen LogP contribution in [0.3, 0.4) is 0 Å². The number of halogens is 1. The highest BCUT2D eigenvalue weighted by molar-refractivity contribution is 9.10. The molecule has 0 amide bonds. The highest BCUT2D eigenvalue weighted by Gasteiger charge is 2.63. The molecule has 0 saturated carbocycles. The second kappa shape index (κ2) is 21.0. The Morgan fingerprint density at radius 2 is 0.747 bits per heavy atom. The summed E-state index contributed by atoms with van der Waals surface area (Å²) < 4.78 is 41.6. The van der Waals surface area contributed by atoms with Crippen LogP contribution >= 0.6 is 15.9 Å². The van der Waals surface area contributed by atoms with Crippen LogP contribution in [-0.2, 0) is 27.9 Å². The molecule has 3 aliphatic rings. The number of para-hydroxylation sites is 2. The normalized spacial score (nSPS) is 18.3. The monoisotopic (exact) mass is 1110 g/mol. The number of hydrogen-bond acceptors (Lipinski definition) is 8. The van der Waals surface area contributed by atoms with Gasteiger partial charge in [0, 0.05) is 26.4 Å². The third-order valence-corrected chi connectivity index (χ3v) is 17.2. The van der Waals surface area contributed by atoms with Gasteiger partial charge in [-0.2, -0.15) is 10.2 Å². The zero-order valence-corrected chi connectivity index (χ0v) is 48.3. The molecule has 402 valence electrons. The van der Waals surface area contributed by atoms with E-state index in [0.717, 1.165) is 60.2 Å². The van der Waals surface area contributed by atoms with E-state index in [-0.39, 0.29) is 41.0 Å². The van der Waals surface area contributed by atoms with Crippen molar-refractivity contribution in [2.45, 2.75) is 124 Å². The Morgan fingerprint density at radius 1 is 0.380 bits per heavy atom. The molecule has 0 bridgehead atoms. The van der Waals surface area contributed by atoms with Crippen LogP contribution in [0.15, 0.2) is 186 Å². The molecule has 0 N–H and O–H groups in total. The molecule has 10 aromatic rings.